The molecule has 1 aliphatic carbocycles. The summed E-state index contributed by atoms with van der Waals surface area (Å²) >= 11 is 0. The summed E-state index contributed by atoms with van der Waals surface area (Å²) in [6.07, 6.45) is -0.300. The van der Waals surface area contributed by atoms with Gasteiger partial charge in [0.15, 0.2) is 0 Å². The van der Waals surface area contributed by atoms with Crippen LogP contribution in [0, 0.1) is 0 Å². The van der Waals surface area contributed by atoms with Gasteiger partial charge in [0, 0.05) is 25.4 Å². The number of hydrogen-bond acceptors (Lipinski definition) is 5. The third-order valence-electron chi connectivity index (χ3n) is 5.39. The fourth-order valence-corrected chi connectivity index (χ4v) is 3.99. The summed E-state index contributed by atoms with van der Waals surface area (Å²) in [7, 11) is 0. The molecule has 1 aliphatic rings. The molecule has 3 rings (SSSR count). The Hall–Kier alpha value is -3.35. The summed E-state index contributed by atoms with van der Waals surface area (Å²) in [6, 6.07) is 16.3. The highest BCUT2D eigenvalue weighted by Gasteiger charge is 2.29. The molecule has 2 aromatic carbocycles. The zero-order chi connectivity index (χ0) is 24.0. The lowest BCUT2D eigenvalue weighted by molar-refractivity contribution is -0.158. The maximum atomic E-state index is 12.3. The lowest BCUT2D eigenvalue weighted by Gasteiger charge is -2.25. The van der Waals surface area contributed by atoms with Gasteiger partial charge in [0.25, 0.3) is 0 Å². The number of hydrogen-bond donors (Lipinski definition) is 1. The Morgan fingerprint density at radius 2 is 1.55 bits per heavy atom. The lowest BCUT2D eigenvalue weighted by atomic mass is 9.98. The molecule has 7 heteroatoms. The first-order valence-corrected chi connectivity index (χ1v) is 11.3. The van der Waals surface area contributed by atoms with Crippen molar-refractivity contribution < 1.29 is 23.9 Å². The van der Waals surface area contributed by atoms with Crippen LogP contribution in [-0.2, 0) is 19.1 Å². The predicted molar refractivity (Wildman–Crippen MR) is 126 cm³/mol. The number of esters is 1. The fraction of sp³-hybridized carbons (Fsp3) is 0.423. The smallest absolute Gasteiger partial charge is 0.407 e. The van der Waals surface area contributed by atoms with Gasteiger partial charge in [0.2, 0.25) is 5.91 Å². The first-order chi connectivity index (χ1) is 15.7. The van der Waals surface area contributed by atoms with Crippen LogP contribution in [-0.4, -0.2) is 54.7 Å². The van der Waals surface area contributed by atoms with E-state index in [0.29, 0.717) is 0 Å². The van der Waals surface area contributed by atoms with Crippen LogP contribution in [0.25, 0.3) is 11.1 Å². The maximum Gasteiger partial charge on any atom is 0.407 e. The maximum absolute atomic E-state index is 12.3. The van der Waals surface area contributed by atoms with E-state index in [1.54, 1.807) is 27.7 Å². The van der Waals surface area contributed by atoms with Crippen LogP contribution < -0.4 is 5.32 Å². The third-order valence-corrected chi connectivity index (χ3v) is 5.39. The summed E-state index contributed by atoms with van der Waals surface area (Å²) in [5.74, 6) is -0.686. The molecule has 0 heterocycles. The number of carbonyl (C=O) groups excluding carboxylic acids is 3. The average molecular weight is 453 g/mol. The second-order valence-electron chi connectivity index (χ2n) is 9.01. The SMILES string of the molecule is CCC(=O)N(CCNC(=O)OCC1c2ccccc2-c2ccccc21)CC(=O)OC(C)(C)C. The zero-order valence-electron chi connectivity index (χ0n) is 19.7. The summed E-state index contributed by atoms with van der Waals surface area (Å²) < 4.78 is 10.8. The number of ether oxygens (including phenoxy) is 2. The number of amides is 2. The molecule has 0 atom stereocenters. The minimum Gasteiger partial charge on any atom is -0.459 e. The van der Waals surface area contributed by atoms with Crippen LogP contribution >= 0.6 is 0 Å². The van der Waals surface area contributed by atoms with Crippen LogP contribution in [0.15, 0.2) is 48.5 Å². The monoisotopic (exact) mass is 452 g/mol. The number of nitrogens with zero attached hydrogens (tertiary/aromatic N) is 1. The van der Waals surface area contributed by atoms with E-state index in [1.165, 1.54) is 4.90 Å². The molecular weight excluding hydrogens is 420 g/mol. The van der Waals surface area contributed by atoms with Gasteiger partial charge in [-0.05, 0) is 43.0 Å². The highest BCUT2D eigenvalue weighted by atomic mass is 16.6. The molecule has 0 fully saturated rings. The van der Waals surface area contributed by atoms with Crippen molar-refractivity contribution in [3.05, 3.63) is 59.7 Å². The van der Waals surface area contributed by atoms with E-state index >= 15 is 0 Å². The van der Waals surface area contributed by atoms with Crippen molar-refractivity contribution >= 4 is 18.0 Å². The zero-order valence-corrected chi connectivity index (χ0v) is 19.7. The van der Waals surface area contributed by atoms with Crippen LogP contribution in [0.4, 0.5) is 4.79 Å². The van der Waals surface area contributed by atoms with Crippen molar-refractivity contribution in [2.24, 2.45) is 0 Å². The molecular formula is C26H32N2O5. The fourth-order valence-electron chi connectivity index (χ4n) is 3.99. The predicted octanol–water partition coefficient (Wildman–Crippen LogP) is 4.11. The number of alkyl carbamates (subject to hydrolysis) is 1. The molecule has 0 unspecified atom stereocenters. The van der Waals surface area contributed by atoms with Crippen LogP contribution in [0.3, 0.4) is 0 Å². The van der Waals surface area contributed by atoms with Crippen LogP contribution in [0.5, 0.6) is 0 Å². The van der Waals surface area contributed by atoms with E-state index in [2.05, 4.69) is 29.6 Å². The van der Waals surface area contributed by atoms with Gasteiger partial charge in [-0.3, -0.25) is 9.59 Å². The van der Waals surface area contributed by atoms with Crippen molar-refractivity contribution in [3.8, 4) is 11.1 Å². The molecule has 2 amide bonds. The molecule has 0 bridgehead atoms. The topological polar surface area (TPSA) is 84.9 Å². The number of rotatable bonds is 8. The largest absolute Gasteiger partial charge is 0.459 e. The van der Waals surface area contributed by atoms with Crippen molar-refractivity contribution in [1.29, 1.82) is 0 Å². The van der Waals surface area contributed by atoms with Gasteiger partial charge >= 0.3 is 12.1 Å². The Morgan fingerprint density at radius 1 is 0.970 bits per heavy atom. The number of benzene rings is 2. The molecule has 0 saturated heterocycles. The number of fused-ring (bicyclic) bond motifs is 3. The minimum atomic E-state index is -0.627. The molecule has 0 radical (unpaired) electrons. The van der Waals surface area contributed by atoms with Crippen LogP contribution in [0.1, 0.15) is 51.2 Å². The Kier molecular flexibility index (Phi) is 7.74. The van der Waals surface area contributed by atoms with Gasteiger partial charge in [0.05, 0.1) is 0 Å². The average Bonchev–Trinajstić information content (AvgIpc) is 3.09. The normalized spacial score (nSPS) is 12.5. The summed E-state index contributed by atoms with van der Waals surface area (Å²) in [6.45, 7) is 7.47. The number of carbonyl (C=O) groups is 3. The van der Waals surface area contributed by atoms with E-state index in [-0.39, 0.29) is 44.5 Å². The van der Waals surface area contributed by atoms with Crippen molar-refractivity contribution in [3.63, 3.8) is 0 Å². The molecule has 176 valence electrons. The second-order valence-corrected chi connectivity index (χ2v) is 9.01. The van der Waals surface area contributed by atoms with E-state index < -0.39 is 17.7 Å². The van der Waals surface area contributed by atoms with E-state index in [1.807, 2.05) is 24.3 Å². The summed E-state index contributed by atoms with van der Waals surface area (Å²) in [4.78, 5) is 38.0. The molecule has 7 nitrogen and oxygen atoms in total. The molecule has 0 spiro atoms. The molecule has 0 saturated carbocycles. The van der Waals surface area contributed by atoms with E-state index in [0.717, 1.165) is 22.3 Å². The van der Waals surface area contributed by atoms with Crippen molar-refractivity contribution in [2.75, 3.05) is 26.2 Å². The standard InChI is InChI=1S/C26H32N2O5/c1-5-23(29)28(16-24(30)33-26(2,3)4)15-14-27-25(31)32-17-22-20-12-8-6-10-18(20)19-11-7-9-13-21(19)22/h6-13,22H,5,14-17H2,1-4H3,(H,27,31). The van der Waals surface area contributed by atoms with Gasteiger partial charge in [-0.15, -0.1) is 0 Å². The lowest BCUT2D eigenvalue weighted by Crippen LogP contribution is -2.42. The Morgan fingerprint density at radius 3 is 2.09 bits per heavy atom. The first kappa shape index (κ1) is 24.3. The van der Waals surface area contributed by atoms with Crippen molar-refractivity contribution in [1.82, 2.24) is 10.2 Å². The Balaban J connectivity index is 1.52. The highest BCUT2D eigenvalue weighted by molar-refractivity contribution is 5.82. The molecule has 0 aromatic heterocycles. The Labute approximate surface area is 195 Å². The molecule has 0 aliphatic heterocycles. The van der Waals surface area contributed by atoms with Gasteiger partial charge in [-0.2, -0.15) is 0 Å². The Bertz CT molecular complexity index is 966. The van der Waals surface area contributed by atoms with Crippen LogP contribution in [0.2, 0.25) is 0 Å². The quantitative estimate of drug-likeness (QED) is 0.610. The first-order valence-electron chi connectivity index (χ1n) is 11.3. The minimum absolute atomic E-state index is 0.0199. The van der Waals surface area contributed by atoms with Gasteiger partial charge < -0.3 is 19.7 Å². The highest BCUT2D eigenvalue weighted by Crippen LogP contribution is 2.44. The van der Waals surface area contributed by atoms with E-state index in [9.17, 15) is 14.4 Å². The van der Waals surface area contributed by atoms with E-state index in [4.69, 9.17) is 9.47 Å². The molecule has 2 aromatic rings. The van der Waals surface area contributed by atoms with Gasteiger partial charge in [-0.1, -0.05) is 55.5 Å². The van der Waals surface area contributed by atoms with Gasteiger partial charge in [-0.25, -0.2) is 4.79 Å². The number of nitrogens with one attached hydrogen (secondary N) is 1. The second kappa shape index (κ2) is 10.5. The summed E-state index contributed by atoms with van der Waals surface area (Å²) in [5, 5.41) is 2.68. The summed E-state index contributed by atoms with van der Waals surface area (Å²) in [5.41, 5.74) is 3.99. The molecule has 33 heavy (non-hydrogen) atoms. The van der Waals surface area contributed by atoms with Gasteiger partial charge in [0.1, 0.15) is 18.8 Å². The van der Waals surface area contributed by atoms with Crippen molar-refractivity contribution in [2.45, 2.75) is 45.6 Å². The third kappa shape index (κ3) is 6.34. The molecule has 1 N–H and O–H groups in total.